The van der Waals surface area contributed by atoms with Crippen molar-refractivity contribution in [1.29, 1.82) is 0 Å². The summed E-state index contributed by atoms with van der Waals surface area (Å²) in [5, 5.41) is 12.6. The van der Waals surface area contributed by atoms with E-state index in [1.165, 1.54) is 0 Å². The quantitative estimate of drug-likeness (QED) is 0.571. The summed E-state index contributed by atoms with van der Waals surface area (Å²) in [6.07, 6.45) is 4.75. The minimum Gasteiger partial charge on any atom is -0.481 e. The maximum Gasteiger partial charge on any atom is 0.306 e. The maximum absolute atomic E-state index is 12.8. The van der Waals surface area contributed by atoms with Crippen LogP contribution in [0.15, 0.2) is 79.1 Å². The van der Waals surface area contributed by atoms with Gasteiger partial charge in [-0.05, 0) is 47.2 Å². The van der Waals surface area contributed by atoms with Gasteiger partial charge in [-0.3, -0.25) is 14.6 Å². The van der Waals surface area contributed by atoms with Crippen LogP contribution in [-0.2, 0) is 16.0 Å². The first kappa shape index (κ1) is 20.8. The Labute approximate surface area is 182 Å². The predicted octanol–water partition coefficient (Wildman–Crippen LogP) is 4.44. The Balaban J connectivity index is 1.51. The molecule has 1 fully saturated rings. The van der Waals surface area contributed by atoms with Crippen LogP contribution >= 0.6 is 0 Å². The lowest BCUT2D eigenvalue weighted by atomic mass is 9.94. The third-order valence-electron chi connectivity index (χ3n) is 6.09. The number of aliphatic carboxylic acids is 1. The van der Waals surface area contributed by atoms with Crippen LogP contribution in [0.2, 0.25) is 0 Å². The van der Waals surface area contributed by atoms with Gasteiger partial charge in [-0.25, -0.2) is 0 Å². The molecular formula is C26H26N2O3. The van der Waals surface area contributed by atoms with E-state index in [9.17, 15) is 14.7 Å². The number of nitrogens with zero attached hydrogens (tertiary/aromatic N) is 1. The predicted molar refractivity (Wildman–Crippen MR) is 119 cm³/mol. The molecule has 3 aromatic rings. The number of carbonyl (C=O) groups is 2. The third-order valence-corrected chi connectivity index (χ3v) is 6.09. The zero-order chi connectivity index (χ0) is 21.8. The number of carbonyl (C=O) groups excluding carboxylic acids is 1. The molecule has 0 bridgehead atoms. The molecule has 1 unspecified atom stereocenters. The Bertz CT molecular complexity index is 1050. The third kappa shape index (κ3) is 4.82. The van der Waals surface area contributed by atoms with E-state index in [-0.39, 0.29) is 18.2 Å². The van der Waals surface area contributed by atoms with Gasteiger partial charge in [0, 0.05) is 23.9 Å². The number of carboxylic acid groups (broad SMARTS) is 1. The monoisotopic (exact) mass is 414 g/mol. The Morgan fingerprint density at radius 2 is 1.68 bits per heavy atom. The van der Waals surface area contributed by atoms with Crippen molar-refractivity contribution in [1.82, 2.24) is 10.3 Å². The molecule has 2 N–H and O–H groups in total. The molecule has 0 spiro atoms. The van der Waals surface area contributed by atoms with E-state index >= 15 is 0 Å². The van der Waals surface area contributed by atoms with Crippen molar-refractivity contribution in [3.63, 3.8) is 0 Å². The summed E-state index contributed by atoms with van der Waals surface area (Å²) in [7, 11) is 0. The first-order valence-electron chi connectivity index (χ1n) is 10.5. The normalized spacial score (nSPS) is 20.6. The molecule has 31 heavy (non-hydrogen) atoms. The number of pyridine rings is 1. The fraction of sp³-hybridized carbons (Fsp3) is 0.269. The van der Waals surface area contributed by atoms with Crippen LogP contribution in [0.5, 0.6) is 0 Å². The first-order valence-corrected chi connectivity index (χ1v) is 10.5. The minimum atomic E-state index is -0.840. The van der Waals surface area contributed by atoms with Crippen LogP contribution in [0.4, 0.5) is 0 Å². The molecule has 0 saturated heterocycles. The largest absolute Gasteiger partial charge is 0.481 e. The van der Waals surface area contributed by atoms with E-state index in [0.717, 1.165) is 28.7 Å². The maximum atomic E-state index is 12.8. The molecule has 1 heterocycles. The van der Waals surface area contributed by atoms with E-state index < -0.39 is 17.4 Å². The van der Waals surface area contributed by atoms with Crippen molar-refractivity contribution in [3.8, 4) is 11.1 Å². The van der Waals surface area contributed by atoms with Gasteiger partial charge in [-0.2, -0.15) is 0 Å². The molecule has 0 aliphatic heterocycles. The summed E-state index contributed by atoms with van der Waals surface area (Å²) in [5.74, 6) is -1.35. The number of amides is 1. The van der Waals surface area contributed by atoms with Crippen molar-refractivity contribution in [3.05, 3.63) is 90.3 Å². The van der Waals surface area contributed by atoms with Crippen molar-refractivity contribution in [2.24, 2.45) is 5.92 Å². The summed E-state index contributed by atoms with van der Waals surface area (Å²) >= 11 is 0. The Kier molecular flexibility index (Phi) is 5.85. The van der Waals surface area contributed by atoms with E-state index in [2.05, 4.69) is 46.7 Å². The second kappa shape index (κ2) is 8.72. The average Bonchev–Trinajstić information content (AvgIpc) is 3.47. The second-order valence-corrected chi connectivity index (χ2v) is 8.42. The summed E-state index contributed by atoms with van der Waals surface area (Å²) in [5.41, 5.74) is 3.79. The van der Waals surface area contributed by atoms with E-state index in [1.807, 2.05) is 30.3 Å². The van der Waals surface area contributed by atoms with E-state index in [4.69, 9.17) is 0 Å². The number of rotatable bonds is 8. The average molecular weight is 415 g/mol. The zero-order valence-electron chi connectivity index (χ0n) is 17.5. The van der Waals surface area contributed by atoms with Gasteiger partial charge in [0.1, 0.15) is 0 Å². The fourth-order valence-electron chi connectivity index (χ4n) is 4.34. The van der Waals surface area contributed by atoms with E-state index in [0.29, 0.717) is 6.42 Å². The molecule has 1 saturated carbocycles. The zero-order valence-corrected chi connectivity index (χ0v) is 17.5. The molecule has 1 amide bonds. The highest BCUT2D eigenvalue weighted by Gasteiger charge is 2.56. The van der Waals surface area contributed by atoms with Gasteiger partial charge < -0.3 is 10.4 Å². The van der Waals surface area contributed by atoms with Crippen molar-refractivity contribution in [2.75, 3.05) is 0 Å². The molecule has 1 aliphatic carbocycles. The molecule has 158 valence electrons. The van der Waals surface area contributed by atoms with Crippen molar-refractivity contribution in [2.45, 2.75) is 37.6 Å². The van der Waals surface area contributed by atoms with E-state index in [1.54, 1.807) is 19.3 Å². The summed E-state index contributed by atoms with van der Waals surface area (Å²) in [6.45, 7) is 1.70. The summed E-state index contributed by atoms with van der Waals surface area (Å²) in [4.78, 5) is 28.2. The lowest BCUT2D eigenvalue weighted by Crippen LogP contribution is -2.41. The van der Waals surface area contributed by atoms with Gasteiger partial charge in [0.2, 0.25) is 5.91 Å². The van der Waals surface area contributed by atoms with Crippen LogP contribution in [0, 0.1) is 5.92 Å². The van der Waals surface area contributed by atoms with Gasteiger partial charge in [-0.1, -0.05) is 61.5 Å². The Morgan fingerprint density at radius 3 is 2.32 bits per heavy atom. The highest BCUT2D eigenvalue weighted by molar-refractivity contribution is 5.80. The molecule has 1 aliphatic rings. The summed E-state index contributed by atoms with van der Waals surface area (Å²) in [6, 6.07) is 22.2. The summed E-state index contributed by atoms with van der Waals surface area (Å²) < 4.78 is 0. The van der Waals surface area contributed by atoms with Gasteiger partial charge in [0.25, 0.3) is 0 Å². The topological polar surface area (TPSA) is 79.3 Å². The molecular weight excluding hydrogens is 388 g/mol. The van der Waals surface area contributed by atoms with Crippen LogP contribution in [0.1, 0.15) is 36.8 Å². The second-order valence-electron chi connectivity index (χ2n) is 8.42. The van der Waals surface area contributed by atoms with Crippen molar-refractivity contribution < 1.29 is 14.7 Å². The SMILES string of the molecule is C[C@H](CC1(NC(=O)Cc2ccncc2)C[C@H]1c1ccc(-c2ccccc2)cc1)C(=O)O. The van der Waals surface area contributed by atoms with Gasteiger partial charge in [0.05, 0.1) is 12.3 Å². The van der Waals surface area contributed by atoms with Gasteiger partial charge in [0.15, 0.2) is 0 Å². The molecule has 4 rings (SSSR count). The highest BCUT2D eigenvalue weighted by atomic mass is 16.4. The van der Waals surface area contributed by atoms with Gasteiger partial charge in [-0.15, -0.1) is 0 Å². The molecule has 5 nitrogen and oxygen atoms in total. The molecule has 5 heteroatoms. The Hall–Kier alpha value is -3.47. The van der Waals surface area contributed by atoms with Crippen LogP contribution in [-0.4, -0.2) is 27.5 Å². The molecule has 3 atom stereocenters. The lowest BCUT2D eigenvalue weighted by molar-refractivity contribution is -0.142. The Morgan fingerprint density at radius 1 is 1.03 bits per heavy atom. The standard InChI is InChI=1S/C26H26N2O3/c1-18(25(30)31)16-26(28-24(29)15-19-11-13-27-14-12-19)17-23(26)22-9-7-21(8-10-22)20-5-3-2-4-6-20/h2-14,18,23H,15-17H2,1H3,(H,28,29)(H,30,31)/t18-,23+,26?/m1/s1. The number of carboxylic acids is 1. The fourth-order valence-corrected chi connectivity index (χ4v) is 4.34. The molecule has 0 radical (unpaired) electrons. The smallest absolute Gasteiger partial charge is 0.306 e. The van der Waals surface area contributed by atoms with Gasteiger partial charge >= 0.3 is 5.97 Å². The van der Waals surface area contributed by atoms with Crippen LogP contribution < -0.4 is 5.32 Å². The lowest BCUT2D eigenvalue weighted by Gasteiger charge is -2.22. The molecule has 2 aromatic carbocycles. The number of hydrogen-bond acceptors (Lipinski definition) is 3. The minimum absolute atomic E-state index is 0.0906. The first-order chi connectivity index (χ1) is 15.0. The van der Waals surface area contributed by atoms with Crippen molar-refractivity contribution >= 4 is 11.9 Å². The highest BCUT2D eigenvalue weighted by Crippen LogP contribution is 2.55. The number of hydrogen-bond donors (Lipinski definition) is 2. The van der Waals surface area contributed by atoms with Crippen LogP contribution in [0.25, 0.3) is 11.1 Å². The number of nitrogens with one attached hydrogen (secondary N) is 1. The van der Waals surface area contributed by atoms with Crippen LogP contribution in [0.3, 0.4) is 0 Å². The number of aromatic nitrogens is 1. The number of benzene rings is 2. The molecule has 1 aromatic heterocycles.